The van der Waals surface area contributed by atoms with E-state index in [0.29, 0.717) is 30.6 Å². The van der Waals surface area contributed by atoms with Gasteiger partial charge in [-0.3, -0.25) is 4.79 Å². The van der Waals surface area contributed by atoms with Crippen LogP contribution >= 0.6 is 0 Å². The number of ether oxygens (including phenoxy) is 1. The highest BCUT2D eigenvalue weighted by atomic mass is 16.5. The molecule has 0 heterocycles. The van der Waals surface area contributed by atoms with E-state index in [9.17, 15) is 9.90 Å². The van der Waals surface area contributed by atoms with Crippen molar-refractivity contribution in [2.24, 2.45) is 5.41 Å². The van der Waals surface area contributed by atoms with Gasteiger partial charge in [0, 0.05) is 6.42 Å². The van der Waals surface area contributed by atoms with Crippen molar-refractivity contribution >= 4 is 5.97 Å². The minimum Gasteiger partial charge on any atom is -0.508 e. The molecule has 0 radical (unpaired) electrons. The molecular weight excluding hydrogens is 324 g/mol. The summed E-state index contributed by atoms with van der Waals surface area (Å²) in [6.45, 7) is 21.4. The molecule has 3 nitrogen and oxygen atoms in total. The van der Waals surface area contributed by atoms with Crippen LogP contribution in [-0.4, -0.2) is 17.7 Å². The Morgan fingerprint density at radius 1 is 1.04 bits per heavy atom. The SMILES string of the molecule is CC.CC(C)(C)C.CCCOC(=O)CCc1ccc(O)c(C(C)(C)C)c1. The van der Waals surface area contributed by atoms with E-state index in [1.807, 2.05) is 32.9 Å². The fourth-order valence-corrected chi connectivity index (χ4v) is 1.87. The predicted molar refractivity (Wildman–Crippen MR) is 113 cm³/mol. The minimum absolute atomic E-state index is 0.108. The van der Waals surface area contributed by atoms with Crippen LogP contribution in [0.25, 0.3) is 0 Å². The van der Waals surface area contributed by atoms with Crippen LogP contribution in [-0.2, 0) is 21.4 Å². The molecule has 26 heavy (non-hydrogen) atoms. The van der Waals surface area contributed by atoms with Crippen LogP contribution in [0.1, 0.15) is 93.2 Å². The smallest absolute Gasteiger partial charge is 0.306 e. The molecule has 0 bridgehead atoms. The first-order valence-corrected chi connectivity index (χ1v) is 9.82. The first-order chi connectivity index (χ1) is 11.8. The molecule has 1 aromatic rings. The van der Waals surface area contributed by atoms with Gasteiger partial charge in [0.15, 0.2) is 0 Å². The van der Waals surface area contributed by atoms with E-state index >= 15 is 0 Å². The summed E-state index contributed by atoms with van der Waals surface area (Å²) in [6, 6.07) is 5.54. The predicted octanol–water partition coefficient (Wildman–Crippen LogP) is 6.65. The molecule has 0 amide bonds. The molecule has 1 rings (SSSR count). The molecule has 0 atom stereocenters. The van der Waals surface area contributed by atoms with E-state index in [1.165, 1.54) is 0 Å². The Labute approximate surface area is 162 Å². The number of hydrogen-bond acceptors (Lipinski definition) is 3. The zero-order chi connectivity index (χ0) is 21.0. The molecule has 0 aliphatic heterocycles. The molecule has 0 aliphatic carbocycles. The maximum Gasteiger partial charge on any atom is 0.306 e. The van der Waals surface area contributed by atoms with Crippen LogP contribution < -0.4 is 0 Å². The number of phenols is 1. The van der Waals surface area contributed by atoms with E-state index in [-0.39, 0.29) is 11.4 Å². The number of hydrogen-bond donors (Lipinski definition) is 1. The quantitative estimate of drug-likeness (QED) is 0.593. The number of carbonyl (C=O) groups is 1. The van der Waals surface area contributed by atoms with Gasteiger partial charge in [-0.15, -0.1) is 0 Å². The fraction of sp³-hybridized carbons (Fsp3) is 0.696. The summed E-state index contributed by atoms with van der Waals surface area (Å²) in [7, 11) is 0. The molecule has 0 saturated carbocycles. The molecule has 1 aromatic carbocycles. The van der Waals surface area contributed by atoms with Gasteiger partial charge in [-0.2, -0.15) is 0 Å². The summed E-state index contributed by atoms with van der Waals surface area (Å²) >= 11 is 0. The summed E-state index contributed by atoms with van der Waals surface area (Å²) in [5.74, 6) is 0.150. The average molecular weight is 367 g/mol. The van der Waals surface area contributed by atoms with Crippen LogP contribution in [0.15, 0.2) is 18.2 Å². The number of phenolic OH excluding ortho intramolecular Hbond substituents is 1. The average Bonchev–Trinajstić information content (AvgIpc) is 2.51. The Morgan fingerprint density at radius 2 is 1.54 bits per heavy atom. The molecule has 0 spiro atoms. The van der Waals surface area contributed by atoms with E-state index in [2.05, 4.69) is 48.5 Å². The topological polar surface area (TPSA) is 46.5 Å². The third-order valence-corrected chi connectivity index (χ3v) is 2.95. The molecular formula is C23H42O3. The Balaban J connectivity index is 0. The lowest BCUT2D eigenvalue weighted by atomic mass is 9.85. The lowest BCUT2D eigenvalue weighted by molar-refractivity contribution is -0.143. The summed E-state index contributed by atoms with van der Waals surface area (Å²) in [6.07, 6.45) is 1.87. The van der Waals surface area contributed by atoms with Gasteiger partial charge in [0.05, 0.1) is 6.61 Å². The highest BCUT2D eigenvalue weighted by molar-refractivity contribution is 5.69. The van der Waals surface area contributed by atoms with Gasteiger partial charge >= 0.3 is 5.97 Å². The minimum atomic E-state index is -0.160. The molecule has 152 valence electrons. The Kier molecular flexibility index (Phi) is 13.1. The summed E-state index contributed by atoms with van der Waals surface area (Å²) < 4.78 is 5.05. The van der Waals surface area contributed by atoms with Gasteiger partial charge in [0.2, 0.25) is 0 Å². The van der Waals surface area contributed by atoms with Crippen LogP contribution in [0.2, 0.25) is 0 Å². The standard InChI is InChI=1S/C16H24O3.C5H12.C2H6/c1-5-10-19-15(18)9-7-12-6-8-14(17)13(11-12)16(2,3)4;1-5(2,3)4;1-2/h6,8,11,17H,5,7,9-10H2,1-4H3;1-4H3;1-2H3. The first-order valence-electron chi connectivity index (χ1n) is 9.82. The van der Waals surface area contributed by atoms with Gasteiger partial charge in [-0.25, -0.2) is 0 Å². The van der Waals surface area contributed by atoms with E-state index in [4.69, 9.17) is 4.74 Å². The van der Waals surface area contributed by atoms with Crippen molar-refractivity contribution in [1.82, 2.24) is 0 Å². The lowest BCUT2D eigenvalue weighted by Gasteiger charge is -2.21. The Hall–Kier alpha value is -1.51. The zero-order valence-electron chi connectivity index (χ0n) is 18.8. The lowest BCUT2D eigenvalue weighted by Crippen LogP contribution is -2.12. The summed E-state index contributed by atoms with van der Waals surface area (Å²) in [5, 5.41) is 9.87. The van der Waals surface area contributed by atoms with Gasteiger partial charge in [0.25, 0.3) is 0 Å². The van der Waals surface area contributed by atoms with Crippen LogP contribution in [0.3, 0.4) is 0 Å². The number of rotatable bonds is 5. The third-order valence-electron chi connectivity index (χ3n) is 2.95. The van der Waals surface area contributed by atoms with E-state index in [0.717, 1.165) is 17.5 Å². The van der Waals surface area contributed by atoms with Crippen molar-refractivity contribution < 1.29 is 14.6 Å². The largest absolute Gasteiger partial charge is 0.508 e. The normalized spacial score (nSPS) is 10.8. The Morgan fingerprint density at radius 3 is 1.96 bits per heavy atom. The van der Waals surface area contributed by atoms with E-state index < -0.39 is 0 Å². The molecule has 3 heteroatoms. The number of aromatic hydroxyl groups is 1. The van der Waals surface area contributed by atoms with E-state index in [1.54, 1.807) is 6.07 Å². The number of carbonyl (C=O) groups excluding carboxylic acids is 1. The number of esters is 1. The maximum atomic E-state index is 11.5. The third kappa shape index (κ3) is 14.8. The van der Waals surface area contributed by atoms with Gasteiger partial charge in [0.1, 0.15) is 5.75 Å². The van der Waals surface area contributed by atoms with Crippen molar-refractivity contribution in [3.63, 3.8) is 0 Å². The summed E-state index contributed by atoms with van der Waals surface area (Å²) in [5.41, 5.74) is 2.35. The highest BCUT2D eigenvalue weighted by Gasteiger charge is 2.18. The second-order valence-corrected chi connectivity index (χ2v) is 8.82. The highest BCUT2D eigenvalue weighted by Crippen LogP contribution is 2.31. The van der Waals surface area contributed by atoms with Crippen molar-refractivity contribution in [3.8, 4) is 5.75 Å². The van der Waals surface area contributed by atoms with Gasteiger partial charge in [-0.05, 0) is 40.9 Å². The van der Waals surface area contributed by atoms with Crippen LogP contribution in [0, 0.1) is 5.41 Å². The first kappa shape index (κ1) is 26.7. The van der Waals surface area contributed by atoms with Crippen LogP contribution in [0.5, 0.6) is 5.75 Å². The molecule has 0 aliphatic rings. The number of aryl methyl sites for hydroxylation is 1. The molecule has 0 fully saturated rings. The summed E-state index contributed by atoms with van der Waals surface area (Å²) in [4.78, 5) is 11.5. The van der Waals surface area contributed by atoms with Crippen molar-refractivity contribution in [2.75, 3.05) is 6.61 Å². The molecule has 0 aromatic heterocycles. The van der Waals surface area contributed by atoms with Crippen LogP contribution in [0.4, 0.5) is 0 Å². The number of benzene rings is 1. The second-order valence-electron chi connectivity index (χ2n) is 8.82. The molecule has 0 saturated heterocycles. The molecule has 0 unspecified atom stereocenters. The van der Waals surface area contributed by atoms with Crippen molar-refractivity contribution in [1.29, 1.82) is 0 Å². The van der Waals surface area contributed by atoms with Crippen molar-refractivity contribution in [2.45, 2.75) is 93.9 Å². The van der Waals surface area contributed by atoms with Crippen molar-refractivity contribution in [3.05, 3.63) is 29.3 Å². The fourth-order valence-electron chi connectivity index (χ4n) is 1.87. The Bertz CT molecular complexity index is 499. The van der Waals surface area contributed by atoms with Gasteiger partial charge in [-0.1, -0.05) is 81.4 Å². The zero-order valence-corrected chi connectivity index (χ0v) is 18.8. The molecule has 1 N–H and O–H groups in total. The second kappa shape index (κ2) is 12.8. The monoisotopic (exact) mass is 366 g/mol. The maximum absolute atomic E-state index is 11.5. The van der Waals surface area contributed by atoms with Gasteiger partial charge < -0.3 is 9.84 Å².